The summed E-state index contributed by atoms with van der Waals surface area (Å²) in [5.74, 6) is 2.14. The van der Waals surface area contributed by atoms with Crippen molar-refractivity contribution in [3.8, 4) is 11.5 Å². The van der Waals surface area contributed by atoms with Gasteiger partial charge in [0.15, 0.2) is 5.82 Å². The zero-order valence-corrected chi connectivity index (χ0v) is 16.1. The van der Waals surface area contributed by atoms with E-state index in [1.54, 1.807) is 16.7 Å². The minimum Gasteiger partial charge on any atom is -0.395 e. The summed E-state index contributed by atoms with van der Waals surface area (Å²) in [7, 11) is 0. The van der Waals surface area contributed by atoms with E-state index < -0.39 is 0 Å². The second-order valence-corrected chi connectivity index (χ2v) is 8.02. The van der Waals surface area contributed by atoms with Gasteiger partial charge in [0.1, 0.15) is 23.2 Å². The first kappa shape index (κ1) is 18.3. The molecule has 2 N–H and O–H groups in total. The highest BCUT2D eigenvalue weighted by Crippen LogP contribution is 2.37. The van der Waals surface area contributed by atoms with E-state index in [1.807, 2.05) is 0 Å². The second-order valence-electron chi connectivity index (χ2n) is 8.02. The minimum atomic E-state index is -0.258. The predicted molar refractivity (Wildman–Crippen MR) is 107 cm³/mol. The van der Waals surface area contributed by atoms with Gasteiger partial charge in [-0.3, -0.25) is 9.13 Å². The van der Waals surface area contributed by atoms with Crippen molar-refractivity contribution in [3.05, 3.63) is 52.0 Å². The molecule has 0 radical (unpaired) electrons. The van der Waals surface area contributed by atoms with Crippen molar-refractivity contribution in [2.45, 2.75) is 57.2 Å². The number of benzene rings is 1. The average Bonchev–Trinajstić information content (AvgIpc) is 3.45. The van der Waals surface area contributed by atoms with Crippen molar-refractivity contribution < 1.29 is 9.50 Å². The summed E-state index contributed by atoms with van der Waals surface area (Å²) in [6.07, 6.45) is 5.20. The average molecular weight is 397 g/mol. The smallest absolute Gasteiger partial charge is 0.331 e. The van der Waals surface area contributed by atoms with Gasteiger partial charge in [0.05, 0.1) is 13.2 Å². The Morgan fingerprint density at radius 3 is 2.66 bits per heavy atom. The van der Waals surface area contributed by atoms with Crippen molar-refractivity contribution in [2.24, 2.45) is 0 Å². The lowest BCUT2D eigenvalue weighted by molar-refractivity contribution is 0.272. The van der Waals surface area contributed by atoms with Crippen molar-refractivity contribution in [1.29, 1.82) is 0 Å². The fourth-order valence-corrected chi connectivity index (χ4v) is 4.62. The van der Waals surface area contributed by atoms with Crippen molar-refractivity contribution >= 4 is 5.82 Å². The Hall–Kier alpha value is -2.74. The van der Waals surface area contributed by atoms with Crippen LogP contribution in [0.4, 0.5) is 10.2 Å². The molecule has 3 aliphatic heterocycles. The van der Waals surface area contributed by atoms with E-state index in [9.17, 15) is 14.3 Å². The summed E-state index contributed by atoms with van der Waals surface area (Å²) in [4.78, 5) is 22.6. The molecule has 152 valence electrons. The third-order valence-corrected chi connectivity index (χ3v) is 6.05. The fraction of sp³-hybridized carbons (Fsp3) is 0.476. The van der Waals surface area contributed by atoms with E-state index in [4.69, 9.17) is 9.97 Å². The van der Waals surface area contributed by atoms with Crippen LogP contribution in [0.3, 0.4) is 0 Å². The maximum Gasteiger partial charge on any atom is 0.331 e. The predicted octanol–water partition coefficient (Wildman–Crippen LogP) is 2.37. The number of aromatic nitrogens is 4. The van der Waals surface area contributed by atoms with Crippen molar-refractivity contribution in [1.82, 2.24) is 19.1 Å². The third-order valence-electron chi connectivity index (χ3n) is 6.05. The van der Waals surface area contributed by atoms with E-state index >= 15 is 0 Å². The molecule has 1 aliphatic carbocycles. The van der Waals surface area contributed by atoms with E-state index in [1.165, 1.54) is 29.5 Å². The molecule has 0 spiro atoms. The summed E-state index contributed by atoms with van der Waals surface area (Å²) in [5, 5.41) is 12.9. The SMILES string of the molecule is O=c1n(CCO)c2nc(C3CCCC3)nc-2c2n1C[C@@H](Cc1ccc(F)cc1)N2. The lowest BCUT2D eigenvalue weighted by Crippen LogP contribution is -2.33. The molecule has 0 bridgehead atoms. The van der Waals surface area contributed by atoms with Gasteiger partial charge in [-0.25, -0.2) is 19.2 Å². The Labute approximate surface area is 167 Å². The number of hydrogen-bond acceptors (Lipinski definition) is 5. The second kappa shape index (κ2) is 7.26. The number of imidazole rings is 1. The number of halogens is 1. The Bertz CT molecular complexity index is 1050. The monoisotopic (exact) mass is 397 g/mol. The molecule has 7 nitrogen and oxygen atoms in total. The van der Waals surface area contributed by atoms with E-state index in [0.717, 1.165) is 24.2 Å². The van der Waals surface area contributed by atoms with Gasteiger partial charge in [-0.1, -0.05) is 25.0 Å². The minimum absolute atomic E-state index is 0.00738. The number of anilines is 1. The Morgan fingerprint density at radius 2 is 1.93 bits per heavy atom. The van der Waals surface area contributed by atoms with Crippen LogP contribution in [0.1, 0.15) is 43.0 Å². The maximum atomic E-state index is 13.2. The fourth-order valence-electron chi connectivity index (χ4n) is 4.62. The van der Waals surface area contributed by atoms with Gasteiger partial charge in [-0.2, -0.15) is 0 Å². The van der Waals surface area contributed by atoms with Crippen LogP contribution in [-0.2, 0) is 19.5 Å². The number of fused-ring (bicyclic) bond motifs is 3. The number of nitrogens with one attached hydrogen (secondary N) is 1. The molecular formula is C21H24FN5O2. The van der Waals surface area contributed by atoms with Crippen LogP contribution in [0, 0.1) is 5.82 Å². The van der Waals surface area contributed by atoms with E-state index in [2.05, 4.69) is 5.32 Å². The van der Waals surface area contributed by atoms with E-state index in [-0.39, 0.29) is 30.7 Å². The van der Waals surface area contributed by atoms with Crippen LogP contribution in [-0.4, -0.2) is 36.9 Å². The van der Waals surface area contributed by atoms with E-state index in [0.29, 0.717) is 36.2 Å². The summed E-state index contributed by atoms with van der Waals surface area (Å²) in [6, 6.07) is 6.45. The molecule has 29 heavy (non-hydrogen) atoms. The lowest BCUT2D eigenvalue weighted by atomic mass is 10.1. The highest BCUT2D eigenvalue weighted by Gasteiger charge is 2.33. The molecule has 1 aromatic rings. The summed E-state index contributed by atoms with van der Waals surface area (Å²) >= 11 is 0. The van der Waals surface area contributed by atoms with Gasteiger partial charge in [0.25, 0.3) is 0 Å². The number of aliphatic hydroxyl groups is 1. The van der Waals surface area contributed by atoms with Gasteiger partial charge < -0.3 is 10.4 Å². The Kier molecular flexibility index (Phi) is 4.58. The summed E-state index contributed by atoms with van der Waals surface area (Å²) in [6.45, 7) is 0.561. The van der Waals surface area contributed by atoms with Crippen LogP contribution < -0.4 is 11.0 Å². The first-order valence-corrected chi connectivity index (χ1v) is 10.3. The van der Waals surface area contributed by atoms with Crippen LogP contribution in [0.2, 0.25) is 0 Å². The zero-order valence-electron chi connectivity index (χ0n) is 16.1. The number of nitrogens with zero attached hydrogens (tertiary/aromatic N) is 4. The van der Waals surface area contributed by atoms with Crippen LogP contribution in [0.15, 0.2) is 29.1 Å². The number of rotatable bonds is 5. The molecule has 1 saturated carbocycles. The molecule has 0 aromatic heterocycles. The standard InChI is InChI=1S/C21H24FN5O2/c22-15-7-5-13(6-8-15)11-16-12-27-19(23-16)17-20(26(9-10-28)21(27)29)25-18(24-17)14-3-1-2-4-14/h5-8,14,16,23,28H,1-4,9-12H2/t16-/m1/s1. The Balaban J connectivity index is 1.52. The van der Waals surface area contributed by atoms with Gasteiger partial charge >= 0.3 is 5.69 Å². The molecule has 1 atom stereocenters. The third kappa shape index (κ3) is 3.21. The largest absolute Gasteiger partial charge is 0.395 e. The molecule has 0 unspecified atom stereocenters. The van der Waals surface area contributed by atoms with Gasteiger partial charge in [-0.15, -0.1) is 0 Å². The topological polar surface area (TPSA) is 85.0 Å². The molecule has 3 heterocycles. The zero-order chi connectivity index (χ0) is 20.0. The summed E-state index contributed by atoms with van der Waals surface area (Å²) in [5.41, 5.74) is 1.51. The molecular weight excluding hydrogens is 373 g/mol. The van der Waals surface area contributed by atoms with Crippen molar-refractivity contribution in [3.63, 3.8) is 0 Å². The molecule has 5 rings (SSSR count). The van der Waals surface area contributed by atoms with Gasteiger partial charge in [0, 0.05) is 18.5 Å². The normalized spacial score (nSPS) is 19.0. The van der Waals surface area contributed by atoms with Crippen molar-refractivity contribution in [2.75, 3.05) is 11.9 Å². The summed E-state index contributed by atoms with van der Waals surface area (Å²) < 4.78 is 16.4. The molecule has 0 saturated heterocycles. The lowest BCUT2D eigenvalue weighted by Gasteiger charge is -2.13. The van der Waals surface area contributed by atoms with Gasteiger partial charge in [-0.05, 0) is 37.0 Å². The first-order chi connectivity index (χ1) is 14.1. The number of aliphatic hydroxyl groups excluding tert-OH is 1. The van der Waals surface area contributed by atoms with Crippen LogP contribution in [0.5, 0.6) is 0 Å². The van der Waals surface area contributed by atoms with Gasteiger partial charge in [0.2, 0.25) is 0 Å². The highest BCUT2D eigenvalue weighted by atomic mass is 19.1. The number of hydrogen-bond donors (Lipinski definition) is 2. The maximum absolute atomic E-state index is 13.2. The first-order valence-electron chi connectivity index (χ1n) is 10.3. The molecule has 4 aliphatic rings. The molecule has 1 fully saturated rings. The molecule has 0 amide bonds. The quantitative estimate of drug-likeness (QED) is 0.691. The Morgan fingerprint density at radius 1 is 1.17 bits per heavy atom. The molecule has 8 heteroatoms. The highest BCUT2D eigenvalue weighted by molar-refractivity contribution is 5.70. The molecule has 1 aromatic carbocycles. The van der Waals surface area contributed by atoms with Crippen LogP contribution in [0.25, 0.3) is 11.5 Å². The van der Waals surface area contributed by atoms with Crippen LogP contribution >= 0.6 is 0 Å².